The number of nitrogens with one attached hydrogen (secondary N) is 1. The number of hydrogen-bond acceptors (Lipinski definition) is 5. The number of amides is 2. The number of nitro groups is 1. The van der Waals surface area contributed by atoms with E-state index >= 15 is 0 Å². The number of benzene rings is 1. The molecule has 0 bridgehead atoms. The summed E-state index contributed by atoms with van der Waals surface area (Å²) in [5.74, 6) is -0.965. The van der Waals surface area contributed by atoms with Crippen molar-refractivity contribution in [3.05, 3.63) is 32.8 Å². The van der Waals surface area contributed by atoms with Gasteiger partial charge in [-0.1, -0.05) is 11.6 Å². The number of halogens is 1. The van der Waals surface area contributed by atoms with E-state index in [1.807, 2.05) is 0 Å². The zero-order valence-corrected chi connectivity index (χ0v) is 11.9. The summed E-state index contributed by atoms with van der Waals surface area (Å²) in [5.41, 5.74) is 10.3. The second-order valence-corrected chi connectivity index (χ2v) is 4.73. The van der Waals surface area contributed by atoms with Crippen molar-refractivity contribution < 1.29 is 14.5 Å². The van der Waals surface area contributed by atoms with Crippen molar-refractivity contribution >= 4 is 34.8 Å². The fourth-order valence-electron chi connectivity index (χ4n) is 1.62. The predicted octanol–water partition coefficient (Wildman–Crippen LogP) is 1.22. The lowest BCUT2D eigenvalue weighted by molar-refractivity contribution is -0.384. The van der Waals surface area contributed by atoms with Gasteiger partial charge >= 0.3 is 0 Å². The van der Waals surface area contributed by atoms with Crippen LogP contribution in [0.3, 0.4) is 0 Å². The minimum absolute atomic E-state index is 0.0168. The molecule has 1 aromatic carbocycles. The average molecular weight is 315 g/mol. The summed E-state index contributed by atoms with van der Waals surface area (Å²) in [6.45, 7) is 0.297. The van der Waals surface area contributed by atoms with Crippen molar-refractivity contribution in [3.63, 3.8) is 0 Å². The van der Waals surface area contributed by atoms with E-state index in [-0.39, 0.29) is 28.4 Å². The number of nitrogens with two attached hydrogens (primary N) is 2. The summed E-state index contributed by atoms with van der Waals surface area (Å²) < 4.78 is 0. The highest BCUT2D eigenvalue weighted by Gasteiger charge is 2.18. The van der Waals surface area contributed by atoms with E-state index in [9.17, 15) is 19.7 Å². The van der Waals surface area contributed by atoms with E-state index in [0.717, 1.165) is 12.1 Å². The van der Waals surface area contributed by atoms with Crippen LogP contribution in [0.15, 0.2) is 12.1 Å². The van der Waals surface area contributed by atoms with Crippen molar-refractivity contribution in [1.29, 1.82) is 0 Å². The monoisotopic (exact) mass is 314 g/mol. The molecule has 2 amide bonds. The highest BCUT2D eigenvalue weighted by atomic mass is 35.5. The molecule has 0 heterocycles. The van der Waals surface area contributed by atoms with Crippen LogP contribution in [0.5, 0.6) is 0 Å². The molecule has 5 N–H and O–H groups in total. The first-order valence-electron chi connectivity index (χ1n) is 6.13. The number of primary amides is 1. The van der Waals surface area contributed by atoms with Gasteiger partial charge in [0, 0.05) is 25.1 Å². The van der Waals surface area contributed by atoms with E-state index in [2.05, 4.69) is 5.32 Å². The van der Waals surface area contributed by atoms with Gasteiger partial charge in [-0.05, 0) is 12.8 Å². The lowest BCUT2D eigenvalue weighted by Gasteiger charge is -2.08. The Kier molecular flexibility index (Phi) is 5.92. The van der Waals surface area contributed by atoms with E-state index in [0.29, 0.717) is 19.4 Å². The van der Waals surface area contributed by atoms with Crippen molar-refractivity contribution in [1.82, 2.24) is 5.32 Å². The number of unbranched alkanes of at least 4 members (excludes halogenated alkanes) is 1. The van der Waals surface area contributed by atoms with E-state index < -0.39 is 16.7 Å². The number of carbonyl (C=O) groups is 2. The maximum absolute atomic E-state index is 11.9. The van der Waals surface area contributed by atoms with Gasteiger partial charge < -0.3 is 16.8 Å². The Morgan fingerprint density at radius 1 is 1.33 bits per heavy atom. The summed E-state index contributed by atoms with van der Waals surface area (Å²) in [7, 11) is 0. The van der Waals surface area contributed by atoms with Crippen LogP contribution in [0.2, 0.25) is 5.02 Å². The van der Waals surface area contributed by atoms with Gasteiger partial charge in [0.15, 0.2) is 0 Å². The highest BCUT2D eigenvalue weighted by Crippen LogP contribution is 2.28. The Morgan fingerprint density at radius 3 is 2.57 bits per heavy atom. The Bertz CT molecular complexity index is 577. The number of rotatable bonds is 7. The standard InChI is InChI=1S/C12H15ClN4O4/c13-9-6-7(17(20)21)5-8(11(9)15)12(19)16-4-2-1-3-10(14)18/h5-6H,1-4,15H2,(H2,14,18)(H,16,19). The van der Waals surface area contributed by atoms with E-state index in [1.165, 1.54) is 0 Å². The first-order valence-corrected chi connectivity index (χ1v) is 6.50. The minimum atomic E-state index is -0.658. The molecule has 21 heavy (non-hydrogen) atoms. The van der Waals surface area contributed by atoms with Crippen molar-refractivity contribution in [3.8, 4) is 0 Å². The van der Waals surface area contributed by atoms with Gasteiger partial charge in [0.25, 0.3) is 11.6 Å². The third-order valence-electron chi connectivity index (χ3n) is 2.71. The normalized spacial score (nSPS) is 10.1. The number of anilines is 1. The SMILES string of the molecule is NC(=O)CCCCNC(=O)c1cc([N+](=O)[O-])cc(Cl)c1N. The summed E-state index contributed by atoms with van der Waals surface area (Å²) in [5, 5.41) is 13.2. The van der Waals surface area contributed by atoms with Gasteiger partial charge in [-0.2, -0.15) is 0 Å². The maximum atomic E-state index is 11.9. The van der Waals surface area contributed by atoms with Crippen LogP contribution in [0.4, 0.5) is 11.4 Å². The first kappa shape index (κ1) is 16.7. The molecular formula is C12H15ClN4O4. The van der Waals surface area contributed by atoms with Crippen LogP contribution < -0.4 is 16.8 Å². The van der Waals surface area contributed by atoms with Gasteiger partial charge in [-0.25, -0.2) is 0 Å². The molecule has 1 aromatic rings. The molecule has 0 aliphatic heterocycles. The van der Waals surface area contributed by atoms with Gasteiger partial charge in [-0.15, -0.1) is 0 Å². The Morgan fingerprint density at radius 2 is 2.00 bits per heavy atom. The molecule has 1 rings (SSSR count). The molecule has 0 aliphatic carbocycles. The summed E-state index contributed by atoms with van der Waals surface area (Å²) in [4.78, 5) is 32.5. The third kappa shape index (κ3) is 4.92. The minimum Gasteiger partial charge on any atom is -0.397 e. The largest absolute Gasteiger partial charge is 0.397 e. The van der Waals surface area contributed by atoms with Crippen LogP contribution in [0, 0.1) is 10.1 Å². The molecule has 0 saturated heterocycles. The Balaban J connectivity index is 2.69. The quantitative estimate of drug-likeness (QED) is 0.300. The average Bonchev–Trinajstić information content (AvgIpc) is 2.40. The molecule has 0 spiro atoms. The highest BCUT2D eigenvalue weighted by molar-refractivity contribution is 6.34. The van der Waals surface area contributed by atoms with E-state index in [1.54, 1.807) is 0 Å². The fraction of sp³-hybridized carbons (Fsp3) is 0.333. The first-order chi connectivity index (χ1) is 9.82. The number of nitrogen functional groups attached to an aromatic ring is 1. The molecule has 114 valence electrons. The molecule has 0 fully saturated rings. The van der Waals surface area contributed by atoms with Gasteiger partial charge in [0.05, 0.1) is 21.2 Å². The van der Waals surface area contributed by atoms with Crippen molar-refractivity contribution in [2.45, 2.75) is 19.3 Å². The van der Waals surface area contributed by atoms with Crippen LogP contribution in [-0.4, -0.2) is 23.3 Å². The zero-order chi connectivity index (χ0) is 16.0. The molecular weight excluding hydrogens is 300 g/mol. The third-order valence-corrected chi connectivity index (χ3v) is 3.02. The van der Waals surface area contributed by atoms with Crippen LogP contribution in [0.25, 0.3) is 0 Å². The van der Waals surface area contributed by atoms with Gasteiger partial charge in [-0.3, -0.25) is 19.7 Å². The molecule has 8 nitrogen and oxygen atoms in total. The van der Waals surface area contributed by atoms with Crippen molar-refractivity contribution in [2.24, 2.45) is 5.73 Å². The Labute approximate surface area is 125 Å². The second kappa shape index (κ2) is 7.44. The lowest BCUT2D eigenvalue weighted by atomic mass is 10.1. The maximum Gasteiger partial charge on any atom is 0.271 e. The zero-order valence-electron chi connectivity index (χ0n) is 11.1. The molecule has 0 aliphatic rings. The molecule has 0 saturated carbocycles. The molecule has 9 heteroatoms. The van der Waals surface area contributed by atoms with Crippen LogP contribution in [-0.2, 0) is 4.79 Å². The topological polar surface area (TPSA) is 141 Å². The molecule has 0 radical (unpaired) electrons. The van der Waals surface area contributed by atoms with Crippen molar-refractivity contribution in [2.75, 3.05) is 12.3 Å². The van der Waals surface area contributed by atoms with Gasteiger partial charge in [0.1, 0.15) is 0 Å². The number of carbonyl (C=O) groups excluding carboxylic acids is 2. The summed E-state index contributed by atoms with van der Waals surface area (Å²) in [6, 6.07) is 2.15. The fourth-order valence-corrected chi connectivity index (χ4v) is 1.83. The number of nitrogens with zero attached hydrogens (tertiary/aromatic N) is 1. The van der Waals surface area contributed by atoms with Crippen LogP contribution in [0.1, 0.15) is 29.6 Å². The van der Waals surface area contributed by atoms with Crippen LogP contribution >= 0.6 is 11.6 Å². The lowest BCUT2D eigenvalue weighted by Crippen LogP contribution is -2.25. The molecule has 0 aromatic heterocycles. The predicted molar refractivity (Wildman–Crippen MR) is 77.9 cm³/mol. The second-order valence-electron chi connectivity index (χ2n) is 4.33. The molecule has 0 atom stereocenters. The van der Waals surface area contributed by atoms with Gasteiger partial charge in [0.2, 0.25) is 5.91 Å². The number of hydrogen-bond donors (Lipinski definition) is 3. The Hall–Kier alpha value is -2.35. The van der Waals surface area contributed by atoms with E-state index in [4.69, 9.17) is 23.1 Å². The smallest absolute Gasteiger partial charge is 0.271 e. The summed E-state index contributed by atoms with van der Waals surface area (Å²) in [6.07, 6.45) is 1.33. The summed E-state index contributed by atoms with van der Waals surface area (Å²) >= 11 is 5.76. The number of non-ortho nitro benzene ring substituents is 1. The molecule has 0 unspecified atom stereocenters. The number of nitro benzene ring substituents is 1.